The molecule has 0 saturated heterocycles. The molecule has 1 heterocycles. The van der Waals surface area contributed by atoms with Crippen LogP contribution in [0, 0.1) is 0 Å². The van der Waals surface area contributed by atoms with Gasteiger partial charge in [-0.3, -0.25) is 0 Å². The van der Waals surface area contributed by atoms with E-state index in [1.54, 1.807) is 6.20 Å². The highest BCUT2D eigenvalue weighted by Crippen LogP contribution is 2.39. The molecule has 0 aliphatic heterocycles. The molecule has 0 unspecified atom stereocenters. The Bertz CT molecular complexity index is 585. The van der Waals surface area contributed by atoms with Crippen LogP contribution in [0.5, 0.6) is 0 Å². The Labute approximate surface area is 112 Å². The van der Waals surface area contributed by atoms with Gasteiger partial charge in [0.2, 0.25) is 0 Å². The van der Waals surface area contributed by atoms with Crippen molar-refractivity contribution in [1.29, 1.82) is 0 Å². The van der Waals surface area contributed by atoms with E-state index in [9.17, 15) is 4.79 Å². The van der Waals surface area contributed by atoms with Crippen LogP contribution in [-0.2, 0) is 18.4 Å². The number of esters is 1. The second kappa shape index (κ2) is 4.88. The molecule has 3 rings (SSSR count). The fourth-order valence-electron chi connectivity index (χ4n) is 2.10. The van der Waals surface area contributed by atoms with Gasteiger partial charge < -0.3 is 9.30 Å². The van der Waals surface area contributed by atoms with E-state index in [1.807, 2.05) is 41.9 Å². The molecule has 4 heteroatoms. The average molecular weight is 256 g/mol. The third-order valence-corrected chi connectivity index (χ3v) is 3.28. The summed E-state index contributed by atoms with van der Waals surface area (Å²) in [6, 6.07) is 9.65. The Hall–Kier alpha value is -2.10. The summed E-state index contributed by atoms with van der Waals surface area (Å²) in [7, 11) is 1.93. The zero-order chi connectivity index (χ0) is 13.2. The van der Waals surface area contributed by atoms with Crippen LogP contribution in [-0.4, -0.2) is 15.5 Å². The molecule has 1 aliphatic carbocycles. The maximum Gasteiger partial charge on any atom is 0.358 e. The number of aromatic nitrogens is 2. The number of imidazole rings is 1. The average Bonchev–Trinajstić information content (AvgIpc) is 3.20. The molecule has 1 aromatic heterocycles. The third kappa shape index (κ3) is 2.67. The van der Waals surface area contributed by atoms with Gasteiger partial charge in [0.1, 0.15) is 12.4 Å². The van der Waals surface area contributed by atoms with Gasteiger partial charge in [-0.2, -0.15) is 0 Å². The molecule has 0 radical (unpaired) electrons. The summed E-state index contributed by atoms with van der Waals surface area (Å²) < 4.78 is 7.20. The van der Waals surface area contributed by atoms with Gasteiger partial charge in [0.05, 0.1) is 0 Å². The summed E-state index contributed by atoms with van der Waals surface area (Å²) in [5.41, 5.74) is 1.38. The van der Waals surface area contributed by atoms with Crippen molar-refractivity contribution in [2.75, 3.05) is 0 Å². The van der Waals surface area contributed by atoms with Crippen molar-refractivity contribution in [2.45, 2.75) is 25.4 Å². The lowest BCUT2D eigenvalue weighted by molar-refractivity contribution is 0.0466. The SMILES string of the molecule is Cn1cc(C(=O)OCc2ccccc2)nc1C1CC1. The largest absolute Gasteiger partial charge is 0.456 e. The van der Waals surface area contributed by atoms with Crippen molar-refractivity contribution in [3.05, 3.63) is 53.6 Å². The number of carbonyl (C=O) groups is 1. The summed E-state index contributed by atoms with van der Waals surface area (Å²) in [6.07, 6.45) is 4.09. The Morgan fingerprint density at radius 2 is 2.11 bits per heavy atom. The number of aryl methyl sites for hydroxylation is 1. The molecule has 98 valence electrons. The molecule has 4 nitrogen and oxygen atoms in total. The maximum absolute atomic E-state index is 11.9. The first-order valence-electron chi connectivity index (χ1n) is 6.48. The number of ether oxygens (including phenoxy) is 1. The quantitative estimate of drug-likeness (QED) is 0.790. The van der Waals surface area contributed by atoms with Crippen LogP contribution < -0.4 is 0 Å². The topological polar surface area (TPSA) is 44.1 Å². The molecule has 0 atom stereocenters. The zero-order valence-electron chi connectivity index (χ0n) is 10.9. The van der Waals surface area contributed by atoms with E-state index in [-0.39, 0.29) is 12.6 Å². The predicted molar refractivity (Wildman–Crippen MR) is 70.7 cm³/mol. The van der Waals surface area contributed by atoms with E-state index in [4.69, 9.17) is 4.74 Å². The van der Waals surface area contributed by atoms with Crippen LogP contribution in [0.15, 0.2) is 36.5 Å². The molecule has 0 amide bonds. The lowest BCUT2D eigenvalue weighted by Gasteiger charge is -2.02. The molecule has 0 spiro atoms. The third-order valence-electron chi connectivity index (χ3n) is 3.28. The molecule has 1 fully saturated rings. The van der Waals surface area contributed by atoms with E-state index in [2.05, 4.69) is 4.98 Å². The van der Waals surface area contributed by atoms with Crippen molar-refractivity contribution in [1.82, 2.24) is 9.55 Å². The molecule has 1 aliphatic rings. The number of carbonyl (C=O) groups excluding carboxylic acids is 1. The predicted octanol–water partition coefficient (Wildman–Crippen LogP) is 2.65. The van der Waals surface area contributed by atoms with Gasteiger partial charge in [0, 0.05) is 19.2 Å². The van der Waals surface area contributed by atoms with E-state index >= 15 is 0 Å². The van der Waals surface area contributed by atoms with Gasteiger partial charge in [-0.05, 0) is 18.4 Å². The molecular formula is C15H16N2O2. The molecule has 0 N–H and O–H groups in total. The van der Waals surface area contributed by atoms with E-state index < -0.39 is 0 Å². The zero-order valence-corrected chi connectivity index (χ0v) is 10.9. The molecule has 2 aromatic rings. The normalized spacial score (nSPS) is 14.4. The van der Waals surface area contributed by atoms with Crippen LogP contribution >= 0.6 is 0 Å². The number of nitrogens with zero attached hydrogens (tertiary/aromatic N) is 2. The standard InChI is InChI=1S/C15H16N2O2/c1-17-9-13(16-14(17)12-7-8-12)15(18)19-10-11-5-3-2-4-6-11/h2-6,9,12H,7-8,10H2,1H3. The van der Waals surface area contributed by atoms with Crippen molar-refractivity contribution < 1.29 is 9.53 Å². The van der Waals surface area contributed by atoms with Crippen LogP contribution in [0.3, 0.4) is 0 Å². The minimum Gasteiger partial charge on any atom is -0.456 e. The van der Waals surface area contributed by atoms with Crippen LogP contribution in [0.25, 0.3) is 0 Å². The monoisotopic (exact) mass is 256 g/mol. The highest BCUT2D eigenvalue weighted by atomic mass is 16.5. The smallest absolute Gasteiger partial charge is 0.358 e. The van der Waals surface area contributed by atoms with Gasteiger partial charge >= 0.3 is 5.97 Å². The Balaban J connectivity index is 1.65. The summed E-state index contributed by atoms with van der Waals surface area (Å²) in [5, 5.41) is 0. The van der Waals surface area contributed by atoms with Crippen molar-refractivity contribution >= 4 is 5.97 Å². The first kappa shape index (κ1) is 12.0. The first-order chi connectivity index (χ1) is 9.24. The Kier molecular flexibility index (Phi) is 3.07. The molecule has 1 aromatic carbocycles. The molecule has 1 saturated carbocycles. The van der Waals surface area contributed by atoms with E-state index in [1.165, 1.54) is 12.8 Å². The Morgan fingerprint density at radius 3 is 2.79 bits per heavy atom. The summed E-state index contributed by atoms with van der Waals surface area (Å²) in [4.78, 5) is 16.3. The van der Waals surface area contributed by atoms with Crippen LogP contribution in [0.1, 0.15) is 40.6 Å². The van der Waals surface area contributed by atoms with Crippen molar-refractivity contribution in [3.63, 3.8) is 0 Å². The summed E-state index contributed by atoms with van der Waals surface area (Å²) >= 11 is 0. The van der Waals surface area contributed by atoms with Crippen molar-refractivity contribution in [2.24, 2.45) is 7.05 Å². The van der Waals surface area contributed by atoms with Crippen LogP contribution in [0.4, 0.5) is 0 Å². The summed E-state index contributed by atoms with van der Waals surface area (Å²) in [5.74, 6) is 1.17. The first-order valence-corrected chi connectivity index (χ1v) is 6.48. The molecule has 0 bridgehead atoms. The fourth-order valence-corrected chi connectivity index (χ4v) is 2.10. The van der Waals surface area contributed by atoms with E-state index in [0.717, 1.165) is 11.4 Å². The second-order valence-electron chi connectivity index (χ2n) is 4.93. The number of benzene rings is 1. The highest BCUT2D eigenvalue weighted by Gasteiger charge is 2.29. The highest BCUT2D eigenvalue weighted by molar-refractivity contribution is 5.87. The van der Waals surface area contributed by atoms with Crippen molar-refractivity contribution in [3.8, 4) is 0 Å². The fraction of sp³-hybridized carbons (Fsp3) is 0.333. The number of hydrogen-bond donors (Lipinski definition) is 0. The van der Waals surface area contributed by atoms with Gasteiger partial charge in [0.25, 0.3) is 0 Å². The summed E-state index contributed by atoms with van der Waals surface area (Å²) in [6.45, 7) is 0.287. The minimum absolute atomic E-state index is 0.287. The maximum atomic E-state index is 11.9. The van der Waals surface area contributed by atoms with Crippen LogP contribution in [0.2, 0.25) is 0 Å². The molecular weight excluding hydrogens is 240 g/mol. The van der Waals surface area contributed by atoms with Gasteiger partial charge in [-0.1, -0.05) is 30.3 Å². The minimum atomic E-state index is -0.355. The lowest BCUT2D eigenvalue weighted by Crippen LogP contribution is -2.05. The van der Waals surface area contributed by atoms with Gasteiger partial charge in [-0.15, -0.1) is 0 Å². The number of rotatable bonds is 4. The van der Waals surface area contributed by atoms with Gasteiger partial charge in [0.15, 0.2) is 5.69 Å². The number of hydrogen-bond acceptors (Lipinski definition) is 3. The second-order valence-corrected chi connectivity index (χ2v) is 4.93. The van der Waals surface area contributed by atoms with Gasteiger partial charge in [-0.25, -0.2) is 9.78 Å². The lowest BCUT2D eigenvalue weighted by atomic mass is 10.2. The molecule has 19 heavy (non-hydrogen) atoms. The Morgan fingerprint density at radius 1 is 1.37 bits per heavy atom. The van der Waals surface area contributed by atoms with E-state index in [0.29, 0.717) is 11.6 Å².